The number of para-hydroxylation sites is 1. The first-order valence-corrected chi connectivity index (χ1v) is 11.4. The van der Waals surface area contributed by atoms with Crippen LogP contribution in [0.4, 0.5) is 5.69 Å². The van der Waals surface area contributed by atoms with Gasteiger partial charge in [-0.2, -0.15) is 0 Å². The van der Waals surface area contributed by atoms with Crippen molar-refractivity contribution < 1.29 is 9.59 Å². The van der Waals surface area contributed by atoms with Crippen molar-refractivity contribution in [1.82, 2.24) is 10.6 Å². The largest absolute Gasteiger partial charge is 0.362 e. The number of anilines is 1. The van der Waals surface area contributed by atoms with E-state index in [0.29, 0.717) is 17.5 Å². The highest BCUT2D eigenvalue weighted by atomic mass is 16.2. The molecule has 4 saturated carbocycles. The fourth-order valence-electron chi connectivity index (χ4n) is 6.67. The second kappa shape index (κ2) is 6.75. The first-order valence-electron chi connectivity index (χ1n) is 11.4. The molecule has 4 fully saturated rings. The van der Waals surface area contributed by atoms with E-state index in [-0.39, 0.29) is 29.1 Å². The molecule has 156 valence electrons. The van der Waals surface area contributed by atoms with Gasteiger partial charge in [-0.05, 0) is 62.0 Å². The summed E-state index contributed by atoms with van der Waals surface area (Å²) in [5.74, 6) is 1.14. The van der Waals surface area contributed by atoms with Crippen LogP contribution in [0.1, 0.15) is 75.6 Å². The zero-order valence-electron chi connectivity index (χ0n) is 17.6. The molecule has 6 rings (SSSR count). The van der Waals surface area contributed by atoms with Gasteiger partial charge in [0, 0.05) is 23.6 Å². The Kier molecular flexibility index (Phi) is 4.41. The molecule has 1 aliphatic heterocycles. The molecule has 2 amide bonds. The van der Waals surface area contributed by atoms with Crippen molar-refractivity contribution in [2.75, 3.05) is 5.32 Å². The van der Waals surface area contributed by atoms with Gasteiger partial charge in [-0.3, -0.25) is 9.59 Å². The molecule has 0 unspecified atom stereocenters. The number of nitrogens with one attached hydrogen (secondary N) is 3. The van der Waals surface area contributed by atoms with Crippen LogP contribution in [0, 0.1) is 23.2 Å². The molecule has 1 aromatic carbocycles. The third-order valence-corrected chi connectivity index (χ3v) is 8.43. The van der Waals surface area contributed by atoms with Gasteiger partial charge in [-0.1, -0.05) is 38.8 Å². The second-order valence-electron chi connectivity index (χ2n) is 10.3. The average Bonchev–Trinajstić information content (AvgIpc) is 2.69. The van der Waals surface area contributed by atoms with Crippen LogP contribution in [-0.4, -0.2) is 23.5 Å². The Morgan fingerprint density at radius 1 is 1.14 bits per heavy atom. The summed E-state index contributed by atoms with van der Waals surface area (Å²) in [5.41, 5.74) is 1.12. The van der Waals surface area contributed by atoms with Gasteiger partial charge in [-0.25, -0.2) is 0 Å². The lowest BCUT2D eigenvalue weighted by molar-refractivity contribution is -0.140. The minimum absolute atomic E-state index is 0.00697. The highest BCUT2D eigenvalue weighted by molar-refractivity contribution is 6.02. The summed E-state index contributed by atoms with van der Waals surface area (Å²) in [6, 6.07) is 8.07. The zero-order valence-corrected chi connectivity index (χ0v) is 17.6. The maximum absolute atomic E-state index is 13.3. The summed E-state index contributed by atoms with van der Waals surface area (Å²) in [4.78, 5) is 26.1. The molecule has 1 spiro atoms. The molecule has 0 aromatic heterocycles. The number of carbonyl (C=O) groups excluding carboxylic acids is 2. The molecule has 2 bridgehead atoms. The number of rotatable bonds is 2. The van der Waals surface area contributed by atoms with Crippen LogP contribution in [0.2, 0.25) is 0 Å². The summed E-state index contributed by atoms with van der Waals surface area (Å²) in [6.45, 7) is 4.53. The molecule has 4 aliphatic carbocycles. The molecule has 29 heavy (non-hydrogen) atoms. The Labute approximate surface area is 173 Å². The molecule has 5 nitrogen and oxygen atoms in total. The fourth-order valence-corrected chi connectivity index (χ4v) is 6.67. The molecular weight excluding hydrogens is 362 g/mol. The summed E-state index contributed by atoms with van der Waals surface area (Å²) in [5, 5.41) is 10.4. The molecule has 1 aromatic rings. The van der Waals surface area contributed by atoms with E-state index in [4.69, 9.17) is 0 Å². The van der Waals surface area contributed by atoms with Crippen LogP contribution >= 0.6 is 0 Å². The molecule has 1 heterocycles. The number of hydrogen-bond donors (Lipinski definition) is 3. The molecule has 6 atom stereocenters. The van der Waals surface area contributed by atoms with E-state index in [2.05, 4.69) is 29.8 Å². The maximum atomic E-state index is 13.3. The van der Waals surface area contributed by atoms with Crippen LogP contribution in [0.3, 0.4) is 0 Å². The van der Waals surface area contributed by atoms with Gasteiger partial charge >= 0.3 is 0 Å². The predicted molar refractivity (Wildman–Crippen MR) is 113 cm³/mol. The maximum Gasteiger partial charge on any atom is 0.255 e. The van der Waals surface area contributed by atoms with E-state index >= 15 is 0 Å². The van der Waals surface area contributed by atoms with Crippen LogP contribution in [0.25, 0.3) is 0 Å². The lowest BCUT2D eigenvalue weighted by atomic mass is 9.51. The molecule has 5 aliphatic rings. The smallest absolute Gasteiger partial charge is 0.255 e. The van der Waals surface area contributed by atoms with Gasteiger partial charge in [0.05, 0.1) is 5.56 Å². The fraction of sp³-hybridized carbons (Fsp3) is 0.667. The van der Waals surface area contributed by atoms with Crippen molar-refractivity contribution in [2.24, 2.45) is 23.2 Å². The molecule has 0 saturated heterocycles. The molecule has 5 heteroatoms. The Bertz CT molecular complexity index is 839. The summed E-state index contributed by atoms with van der Waals surface area (Å²) in [7, 11) is 0. The lowest BCUT2D eigenvalue weighted by Gasteiger charge is -2.61. The second-order valence-corrected chi connectivity index (χ2v) is 10.3. The van der Waals surface area contributed by atoms with E-state index in [9.17, 15) is 9.59 Å². The third kappa shape index (κ3) is 3.04. The minimum atomic E-state index is -0.423. The van der Waals surface area contributed by atoms with Gasteiger partial charge in [0.1, 0.15) is 5.66 Å². The van der Waals surface area contributed by atoms with Gasteiger partial charge in [0.25, 0.3) is 5.91 Å². The normalized spacial score (nSPS) is 40.7. The third-order valence-electron chi connectivity index (χ3n) is 8.43. The Morgan fingerprint density at radius 2 is 1.93 bits per heavy atom. The van der Waals surface area contributed by atoms with Crippen molar-refractivity contribution in [2.45, 2.75) is 76.9 Å². The van der Waals surface area contributed by atoms with Crippen molar-refractivity contribution in [3.63, 3.8) is 0 Å². The standard InChI is InChI=1S/C24H33N3O2/c1-15-7-3-5-9-19(15)25-22(29)18-13-16-11-12-23(18,2)14-24(16)26-20-10-6-4-8-17(20)21(28)27-24/h4,6,8,10,15-16,18-19,26H,3,5,7,9,11-14H2,1-2H3,(H,25,29)(H,27,28)/t15-,16+,18+,19+,23-,24+/m1/s1. The van der Waals surface area contributed by atoms with Gasteiger partial charge in [0.2, 0.25) is 5.91 Å². The van der Waals surface area contributed by atoms with Crippen molar-refractivity contribution in [3.8, 4) is 0 Å². The van der Waals surface area contributed by atoms with E-state index in [0.717, 1.165) is 37.8 Å². The SMILES string of the molecule is C[C@@H]1CCCC[C@@H]1NC(=O)[C@@H]1C[C@@H]2CC[C@]1(C)C[C@]21NC(=O)c2ccccc2N1. The van der Waals surface area contributed by atoms with Crippen molar-refractivity contribution >= 4 is 17.5 Å². The number of carbonyl (C=O) groups is 2. The van der Waals surface area contributed by atoms with Crippen LogP contribution in [-0.2, 0) is 4.79 Å². The van der Waals surface area contributed by atoms with Crippen molar-refractivity contribution in [3.05, 3.63) is 29.8 Å². The summed E-state index contributed by atoms with van der Waals surface area (Å²) >= 11 is 0. The Morgan fingerprint density at radius 3 is 2.72 bits per heavy atom. The van der Waals surface area contributed by atoms with Crippen molar-refractivity contribution in [1.29, 1.82) is 0 Å². The summed E-state index contributed by atoms with van der Waals surface area (Å²) in [6.07, 6.45) is 8.59. The molecule has 3 N–H and O–H groups in total. The Hall–Kier alpha value is -2.04. The molecule has 0 radical (unpaired) electrons. The van der Waals surface area contributed by atoms with Crippen LogP contribution in [0.5, 0.6) is 0 Å². The highest BCUT2D eigenvalue weighted by Crippen LogP contribution is 2.58. The van der Waals surface area contributed by atoms with Gasteiger partial charge < -0.3 is 16.0 Å². The van der Waals surface area contributed by atoms with Crippen LogP contribution in [0.15, 0.2) is 24.3 Å². The predicted octanol–water partition coefficient (Wildman–Crippen LogP) is 4.06. The van der Waals surface area contributed by atoms with E-state index in [1.54, 1.807) is 0 Å². The number of hydrogen-bond acceptors (Lipinski definition) is 3. The van der Waals surface area contributed by atoms with E-state index in [1.807, 2.05) is 24.3 Å². The monoisotopic (exact) mass is 395 g/mol. The van der Waals surface area contributed by atoms with Gasteiger partial charge in [0.15, 0.2) is 0 Å². The Balaban J connectivity index is 1.36. The van der Waals surface area contributed by atoms with Gasteiger partial charge in [-0.15, -0.1) is 0 Å². The first-order chi connectivity index (χ1) is 13.9. The average molecular weight is 396 g/mol. The van der Waals surface area contributed by atoms with E-state index < -0.39 is 5.66 Å². The zero-order chi connectivity index (χ0) is 20.2. The lowest BCUT2D eigenvalue weighted by Crippen LogP contribution is -2.70. The summed E-state index contributed by atoms with van der Waals surface area (Å²) < 4.78 is 0. The van der Waals surface area contributed by atoms with E-state index in [1.165, 1.54) is 19.3 Å². The quantitative estimate of drug-likeness (QED) is 0.707. The first kappa shape index (κ1) is 19.0. The minimum Gasteiger partial charge on any atom is -0.362 e. The number of fused-ring (bicyclic) bond motifs is 3. The number of amides is 2. The highest BCUT2D eigenvalue weighted by Gasteiger charge is 2.60. The topological polar surface area (TPSA) is 70.2 Å². The molecular formula is C24H33N3O2. The van der Waals surface area contributed by atoms with Crippen LogP contribution < -0.4 is 16.0 Å². The number of benzene rings is 1.